The van der Waals surface area contributed by atoms with Crippen LogP contribution in [0.25, 0.3) is 10.9 Å². The second-order valence-corrected chi connectivity index (χ2v) is 6.23. The number of ether oxygens (including phenoxy) is 2. The second-order valence-electron chi connectivity index (χ2n) is 5.37. The first-order valence-corrected chi connectivity index (χ1v) is 8.13. The molecule has 2 aromatic carbocycles. The first kappa shape index (κ1) is 16.4. The van der Waals surface area contributed by atoms with Gasteiger partial charge in [0.2, 0.25) is 0 Å². The van der Waals surface area contributed by atoms with E-state index in [9.17, 15) is 4.79 Å². The van der Waals surface area contributed by atoms with E-state index in [1.165, 1.54) is 0 Å². The maximum absolute atomic E-state index is 12.6. The highest BCUT2D eigenvalue weighted by molar-refractivity contribution is 9.10. The molecule has 0 fully saturated rings. The third-order valence-corrected chi connectivity index (χ3v) is 4.74. The Balaban J connectivity index is 1.96. The second kappa shape index (κ2) is 6.57. The Labute approximate surface area is 148 Å². The van der Waals surface area contributed by atoms with Crippen molar-refractivity contribution in [2.45, 2.75) is 6.92 Å². The van der Waals surface area contributed by atoms with E-state index in [0.29, 0.717) is 17.1 Å². The molecule has 2 N–H and O–H groups in total. The Hall–Kier alpha value is -2.47. The number of rotatable bonds is 4. The molecular formula is C18H17BrN2O3. The lowest BCUT2D eigenvalue weighted by Gasteiger charge is -2.09. The summed E-state index contributed by atoms with van der Waals surface area (Å²) in [6.45, 7) is 1.97. The molecule has 0 aliphatic carbocycles. The van der Waals surface area contributed by atoms with Gasteiger partial charge in [0.15, 0.2) is 11.5 Å². The molecule has 0 spiro atoms. The summed E-state index contributed by atoms with van der Waals surface area (Å²) in [6, 6.07) is 9.29. The lowest BCUT2D eigenvalue weighted by molar-refractivity contribution is 0.102. The molecule has 24 heavy (non-hydrogen) atoms. The van der Waals surface area contributed by atoms with Gasteiger partial charge in [0, 0.05) is 27.8 Å². The smallest absolute Gasteiger partial charge is 0.257 e. The molecule has 6 heteroatoms. The minimum atomic E-state index is -0.185. The summed E-state index contributed by atoms with van der Waals surface area (Å²) >= 11 is 3.45. The number of aromatic amines is 1. The number of methoxy groups -OCH3 is 2. The highest BCUT2D eigenvalue weighted by Gasteiger charge is 2.16. The van der Waals surface area contributed by atoms with E-state index in [4.69, 9.17) is 9.47 Å². The highest BCUT2D eigenvalue weighted by Crippen LogP contribution is 2.33. The molecule has 3 rings (SSSR count). The Morgan fingerprint density at radius 2 is 1.83 bits per heavy atom. The molecule has 124 valence electrons. The van der Waals surface area contributed by atoms with E-state index in [0.717, 1.165) is 26.6 Å². The fourth-order valence-corrected chi connectivity index (χ4v) is 2.80. The number of hydrogen-bond acceptors (Lipinski definition) is 3. The van der Waals surface area contributed by atoms with Gasteiger partial charge in [-0.1, -0.05) is 15.9 Å². The lowest BCUT2D eigenvalue weighted by Crippen LogP contribution is -2.11. The van der Waals surface area contributed by atoms with Crippen molar-refractivity contribution in [3.63, 3.8) is 0 Å². The normalized spacial score (nSPS) is 10.7. The number of amides is 1. The predicted octanol–water partition coefficient (Wildman–Crippen LogP) is 4.51. The number of H-pyrrole nitrogens is 1. The zero-order chi connectivity index (χ0) is 17.3. The van der Waals surface area contributed by atoms with Crippen LogP contribution < -0.4 is 14.8 Å². The maximum atomic E-state index is 12.6. The van der Waals surface area contributed by atoms with Gasteiger partial charge in [-0.2, -0.15) is 0 Å². The molecule has 3 aromatic rings. The first-order chi connectivity index (χ1) is 11.5. The van der Waals surface area contributed by atoms with Crippen LogP contribution in [0.4, 0.5) is 5.69 Å². The summed E-state index contributed by atoms with van der Waals surface area (Å²) in [5.74, 6) is 1.01. The van der Waals surface area contributed by atoms with E-state index in [1.54, 1.807) is 26.5 Å². The van der Waals surface area contributed by atoms with Crippen LogP contribution in [0.15, 0.2) is 41.0 Å². The monoisotopic (exact) mass is 388 g/mol. The molecule has 0 unspecified atom stereocenters. The van der Waals surface area contributed by atoms with Crippen molar-refractivity contribution in [1.82, 2.24) is 4.98 Å². The van der Waals surface area contributed by atoms with Crippen LogP contribution in [-0.2, 0) is 0 Å². The van der Waals surface area contributed by atoms with Crippen molar-refractivity contribution in [3.05, 3.63) is 52.1 Å². The fourth-order valence-electron chi connectivity index (χ4n) is 2.56. The number of carbonyl (C=O) groups excluding carboxylic acids is 1. The zero-order valence-electron chi connectivity index (χ0n) is 13.6. The molecular weight excluding hydrogens is 372 g/mol. The van der Waals surface area contributed by atoms with Crippen LogP contribution in [0.5, 0.6) is 11.5 Å². The Morgan fingerprint density at radius 3 is 2.50 bits per heavy atom. The number of hydrogen-bond donors (Lipinski definition) is 2. The minimum absolute atomic E-state index is 0.185. The molecule has 0 saturated carbocycles. The van der Waals surface area contributed by atoms with Gasteiger partial charge in [0.05, 0.1) is 25.3 Å². The number of benzene rings is 2. The average Bonchev–Trinajstić information content (AvgIpc) is 2.99. The molecule has 1 heterocycles. The van der Waals surface area contributed by atoms with Gasteiger partial charge in [-0.05, 0) is 36.8 Å². The molecule has 0 saturated heterocycles. The molecule has 0 bridgehead atoms. The Bertz CT molecular complexity index is 918. The minimum Gasteiger partial charge on any atom is -0.493 e. The molecule has 0 atom stereocenters. The Kier molecular flexibility index (Phi) is 4.49. The standard InChI is InChI=1S/C18H17BrN2O3/c1-10-6-11(4-5-14(10)19)21-18(22)13-9-20-15-8-17(24-3)16(23-2)7-12(13)15/h4-9,20H,1-3H3,(H,21,22). The lowest BCUT2D eigenvalue weighted by atomic mass is 10.1. The summed E-state index contributed by atoms with van der Waals surface area (Å²) < 4.78 is 11.6. The number of fused-ring (bicyclic) bond motifs is 1. The molecule has 5 nitrogen and oxygen atoms in total. The van der Waals surface area contributed by atoms with Gasteiger partial charge in [-0.25, -0.2) is 0 Å². The average molecular weight is 389 g/mol. The molecule has 1 aromatic heterocycles. The molecule has 0 aliphatic heterocycles. The van der Waals surface area contributed by atoms with Crippen LogP contribution in [0.3, 0.4) is 0 Å². The van der Waals surface area contributed by atoms with Crippen LogP contribution in [-0.4, -0.2) is 25.1 Å². The molecule has 1 amide bonds. The SMILES string of the molecule is COc1cc2[nH]cc(C(=O)Nc3ccc(Br)c(C)c3)c2cc1OC. The van der Waals surface area contributed by atoms with Gasteiger partial charge in [-0.15, -0.1) is 0 Å². The first-order valence-electron chi connectivity index (χ1n) is 7.34. The summed E-state index contributed by atoms with van der Waals surface area (Å²) in [4.78, 5) is 15.7. The largest absolute Gasteiger partial charge is 0.493 e. The van der Waals surface area contributed by atoms with Crippen molar-refractivity contribution in [1.29, 1.82) is 0 Å². The zero-order valence-corrected chi connectivity index (χ0v) is 15.2. The van der Waals surface area contributed by atoms with E-state index < -0.39 is 0 Å². The van der Waals surface area contributed by atoms with Gasteiger partial charge in [0.1, 0.15) is 0 Å². The van der Waals surface area contributed by atoms with Crippen molar-refractivity contribution in [2.75, 3.05) is 19.5 Å². The molecule has 0 aliphatic rings. The number of nitrogens with one attached hydrogen (secondary N) is 2. The number of carbonyl (C=O) groups is 1. The van der Waals surface area contributed by atoms with Gasteiger partial charge >= 0.3 is 0 Å². The third kappa shape index (κ3) is 2.97. The van der Waals surface area contributed by atoms with Crippen LogP contribution >= 0.6 is 15.9 Å². The van der Waals surface area contributed by atoms with Crippen molar-refractivity contribution in [2.24, 2.45) is 0 Å². The number of aromatic nitrogens is 1. The quantitative estimate of drug-likeness (QED) is 0.690. The van der Waals surface area contributed by atoms with E-state index in [2.05, 4.69) is 26.2 Å². The Morgan fingerprint density at radius 1 is 1.12 bits per heavy atom. The van der Waals surface area contributed by atoms with E-state index in [1.807, 2.05) is 31.2 Å². The summed E-state index contributed by atoms with van der Waals surface area (Å²) in [5.41, 5.74) is 3.16. The van der Waals surface area contributed by atoms with Crippen LogP contribution in [0.2, 0.25) is 0 Å². The number of halogens is 1. The summed E-state index contributed by atoms with van der Waals surface area (Å²) in [6.07, 6.45) is 1.69. The van der Waals surface area contributed by atoms with Crippen LogP contribution in [0, 0.1) is 6.92 Å². The number of anilines is 1. The van der Waals surface area contributed by atoms with Crippen LogP contribution in [0.1, 0.15) is 15.9 Å². The van der Waals surface area contributed by atoms with Crippen molar-refractivity contribution < 1.29 is 14.3 Å². The number of aryl methyl sites for hydroxylation is 1. The van der Waals surface area contributed by atoms with E-state index in [-0.39, 0.29) is 5.91 Å². The van der Waals surface area contributed by atoms with Crippen molar-refractivity contribution >= 4 is 38.4 Å². The van der Waals surface area contributed by atoms with Crippen molar-refractivity contribution in [3.8, 4) is 11.5 Å². The topological polar surface area (TPSA) is 63.4 Å². The van der Waals surface area contributed by atoms with Gasteiger partial charge in [-0.3, -0.25) is 4.79 Å². The third-order valence-electron chi connectivity index (χ3n) is 3.85. The molecule has 0 radical (unpaired) electrons. The predicted molar refractivity (Wildman–Crippen MR) is 98.2 cm³/mol. The maximum Gasteiger partial charge on any atom is 0.257 e. The summed E-state index contributed by atoms with van der Waals surface area (Å²) in [7, 11) is 3.15. The summed E-state index contributed by atoms with van der Waals surface area (Å²) in [5, 5.41) is 3.70. The highest BCUT2D eigenvalue weighted by atomic mass is 79.9. The van der Waals surface area contributed by atoms with E-state index >= 15 is 0 Å². The fraction of sp³-hybridized carbons (Fsp3) is 0.167. The van der Waals surface area contributed by atoms with Gasteiger partial charge in [0.25, 0.3) is 5.91 Å². The van der Waals surface area contributed by atoms with Gasteiger partial charge < -0.3 is 19.8 Å².